The fraction of sp³-hybridized carbons (Fsp3) is 0.429. The summed E-state index contributed by atoms with van der Waals surface area (Å²) in [5.41, 5.74) is 6.42. The Morgan fingerprint density at radius 1 is 1.13 bits per heavy atom. The third-order valence-electron chi connectivity index (χ3n) is 6.47. The number of aromatic nitrogens is 3. The highest BCUT2D eigenvalue weighted by molar-refractivity contribution is 7.99. The van der Waals surface area contributed by atoms with Gasteiger partial charge in [-0.05, 0) is 30.4 Å². The molecule has 10 heteroatoms. The topological polar surface area (TPSA) is 59.5 Å². The molecule has 0 radical (unpaired) electrons. The molecule has 5 nitrogen and oxygen atoms in total. The summed E-state index contributed by atoms with van der Waals surface area (Å²) in [6, 6.07) is 5.04. The van der Waals surface area contributed by atoms with Crippen LogP contribution in [0.25, 0.3) is 5.65 Å². The summed E-state index contributed by atoms with van der Waals surface area (Å²) in [7, 11) is 0. The van der Waals surface area contributed by atoms with Gasteiger partial charge in [-0.3, -0.25) is 4.40 Å². The zero-order valence-corrected chi connectivity index (χ0v) is 18.9. The van der Waals surface area contributed by atoms with Crippen molar-refractivity contribution in [2.75, 3.05) is 18.0 Å². The molecule has 3 heterocycles. The first-order valence-electron chi connectivity index (χ1n) is 10.1. The van der Waals surface area contributed by atoms with E-state index in [4.69, 9.17) is 28.9 Å². The number of nitrogens with two attached hydrogens (primary N) is 1. The number of anilines is 1. The molecule has 5 rings (SSSR count). The molecule has 2 fully saturated rings. The zero-order valence-electron chi connectivity index (χ0n) is 16.6. The lowest BCUT2D eigenvalue weighted by atomic mass is 9.74. The van der Waals surface area contributed by atoms with Crippen molar-refractivity contribution < 1.29 is 8.78 Å². The Balaban J connectivity index is 1.40. The summed E-state index contributed by atoms with van der Waals surface area (Å²) in [5.74, 6) is -1.90. The van der Waals surface area contributed by atoms with E-state index < -0.39 is 17.4 Å². The van der Waals surface area contributed by atoms with Crippen molar-refractivity contribution in [2.45, 2.75) is 47.4 Å². The first-order valence-corrected chi connectivity index (χ1v) is 11.7. The van der Waals surface area contributed by atoms with Crippen molar-refractivity contribution in [3.63, 3.8) is 0 Å². The number of fused-ring (bicyclic) bond motifs is 1. The Labute approximate surface area is 192 Å². The molecule has 0 amide bonds. The van der Waals surface area contributed by atoms with E-state index in [0.717, 1.165) is 21.4 Å². The van der Waals surface area contributed by atoms with Crippen LogP contribution in [0.4, 0.5) is 14.7 Å². The predicted octanol–water partition coefficient (Wildman–Crippen LogP) is 5.53. The Hall–Kier alpha value is -1.61. The molecular weight excluding hydrogens is 463 g/mol. The summed E-state index contributed by atoms with van der Waals surface area (Å²) in [5, 5.41) is 0.988. The minimum atomic E-state index is -2.65. The second-order valence-electron chi connectivity index (χ2n) is 8.39. The predicted molar refractivity (Wildman–Crippen MR) is 120 cm³/mol. The largest absolute Gasteiger partial charge is 0.342 e. The van der Waals surface area contributed by atoms with E-state index >= 15 is 0 Å². The summed E-state index contributed by atoms with van der Waals surface area (Å²) >= 11 is 13.9. The molecule has 164 valence electrons. The standard InChI is InChI=1S/C21H21Cl2F2N5S/c22-13-2-1-3-14(17(13)23)31-15-11-28-19(30-9-6-27-18(15)30)29-7-4-20(5-8-29)12-21(24,25)10-16(20)26/h1-3,6,9,11,16H,4-5,7-8,10,12,26H2. The lowest BCUT2D eigenvalue weighted by Gasteiger charge is -2.42. The summed E-state index contributed by atoms with van der Waals surface area (Å²) in [6.45, 7) is 1.27. The molecule has 2 aliphatic rings. The highest BCUT2D eigenvalue weighted by atomic mass is 35.5. The van der Waals surface area contributed by atoms with Crippen molar-refractivity contribution in [2.24, 2.45) is 11.1 Å². The van der Waals surface area contributed by atoms with Crippen molar-refractivity contribution >= 4 is 46.6 Å². The maximum absolute atomic E-state index is 13.9. The number of benzene rings is 1. The molecule has 1 unspecified atom stereocenters. The van der Waals surface area contributed by atoms with Gasteiger partial charge in [0.05, 0.1) is 14.9 Å². The molecule has 1 aromatic carbocycles. The van der Waals surface area contributed by atoms with Crippen LogP contribution in [-0.2, 0) is 0 Å². The van der Waals surface area contributed by atoms with Crippen LogP contribution in [0, 0.1) is 5.41 Å². The molecule has 1 aliphatic heterocycles. The molecule has 1 spiro atoms. The first kappa shape index (κ1) is 21.2. The fourth-order valence-electron chi connectivity index (χ4n) is 4.83. The number of hydrogen-bond acceptors (Lipinski definition) is 5. The second-order valence-corrected chi connectivity index (χ2v) is 10.3. The summed E-state index contributed by atoms with van der Waals surface area (Å²) < 4.78 is 29.8. The van der Waals surface area contributed by atoms with Gasteiger partial charge in [-0.2, -0.15) is 0 Å². The van der Waals surface area contributed by atoms with Gasteiger partial charge in [0, 0.05) is 55.5 Å². The number of hydrogen-bond donors (Lipinski definition) is 1. The van der Waals surface area contributed by atoms with Gasteiger partial charge in [-0.25, -0.2) is 18.7 Å². The lowest BCUT2D eigenvalue weighted by molar-refractivity contribution is -0.00685. The quantitative estimate of drug-likeness (QED) is 0.530. The molecule has 1 aliphatic carbocycles. The zero-order chi connectivity index (χ0) is 21.8. The Bertz CT molecular complexity index is 1130. The van der Waals surface area contributed by atoms with Crippen LogP contribution in [0.5, 0.6) is 0 Å². The maximum Gasteiger partial charge on any atom is 0.250 e. The van der Waals surface area contributed by atoms with Crippen molar-refractivity contribution in [3.8, 4) is 0 Å². The van der Waals surface area contributed by atoms with Gasteiger partial charge in [-0.1, -0.05) is 41.0 Å². The Morgan fingerprint density at radius 2 is 1.90 bits per heavy atom. The van der Waals surface area contributed by atoms with Crippen LogP contribution < -0.4 is 10.6 Å². The van der Waals surface area contributed by atoms with E-state index in [1.807, 2.05) is 22.7 Å². The summed E-state index contributed by atoms with van der Waals surface area (Å²) in [4.78, 5) is 13.0. The molecule has 1 saturated carbocycles. The van der Waals surface area contributed by atoms with Gasteiger partial charge in [0.15, 0.2) is 5.65 Å². The molecule has 1 saturated heterocycles. The van der Waals surface area contributed by atoms with Crippen molar-refractivity contribution in [1.82, 2.24) is 14.4 Å². The molecule has 2 aromatic heterocycles. The monoisotopic (exact) mass is 483 g/mol. The minimum absolute atomic E-state index is 0.112. The lowest BCUT2D eigenvalue weighted by Crippen LogP contribution is -2.47. The number of piperidine rings is 1. The molecule has 1 atom stereocenters. The molecule has 0 bridgehead atoms. The van der Waals surface area contributed by atoms with Gasteiger partial charge >= 0.3 is 0 Å². The van der Waals surface area contributed by atoms with Gasteiger partial charge in [-0.15, -0.1) is 0 Å². The summed E-state index contributed by atoms with van der Waals surface area (Å²) in [6.07, 6.45) is 6.31. The number of rotatable bonds is 3. The highest BCUT2D eigenvalue weighted by Crippen LogP contribution is 2.52. The van der Waals surface area contributed by atoms with Crippen LogP contribution in [-0.4, -0.2) is 39.4 Å². The average Bonchev–Trinajstić information content (AvgIpc) is 3.29. The van der Waals surface area contributed by atoms with Crippen molar-refractivity contribution in [1.29, 1.82) is 0 Å². The molecule has 3 aromatic rings. The van der Waals surface area contributed by atoms with E-state index in [1.54, 1.807) is 18.5 Å². The Morgan fingerprint density at radius 3 is 2.61 bits per heavy atom. The van der Waals surface area contributed by atoms with Crippen LogP contribution in [0.1, 0.15) is 25.7 Å². The van der Waals surface area contributed by atoms with E-state index in [-0.39, 0.29) is 12.8 Å². The number of alkyl halides is 2. The van der Waals surface area contributed by atoms with Gasteiger partial charge in [0.1, 0.15) is 0 Å². The van der Waals surface area contributed by atoms with E-state index in [0.29, 0.717) is 36.0 Å². The highest BCUT2D eigenvalue weighted by Gasteiger charge is 2.55. The fourth-order valence-corrected chi connectivity index (χ4v) is 6.23. The molecular formula is C21H21Cl2F2N5S. The normalized spacial score (nSPS) is 22.5. The van der Waals surface area contributed by atoms with Gasteiger partial charge < -0.3 is 10.6 Å². The third-order valence-corrected chi connectivity index (χ3v) is 8.47. The minimum Gasteiger partial charge on any atom is -0.342 e. The molecule has 31 heavy (non-hydrogen) atoms. The maximum atomic E-state index is 13.9. The number of imidazole rings is 1. The SMILES string of the molecule is NC1CC(F)(F)CC12CCN(c1ncc(Sc3cccc(Cl)c3Cl)c3nccn13)CC2. The average molecular weight is 484 g/mol. The van der Waals surface area contributed by atoms with E-state index in [1.165, 1.54) is 11.8 Å². The van der Waals surface area contributed by atoms with Crippen LogP contribution >= 0.6 is 35.0 Å². The van der Waals surface area contributed by atoms with Crippen LogP contribution in [0.2, 0.25) is 10.0 Å². The van der Waals surface area contributed by atoms with E-state index in [2.05, 4.69) is 14.9 Å². The second kappa shape index (κ2) is 7.76. The first-order chi connectivity index (χ1) is 14.8. The van der Waals surface area contributed by atoms with Gasteiger partial charge in [0.2, 0.25) is 11.9 Å². The smallest absolute Gasteiger partial charge is 0.250 e. The van der Waals surface area contributed by atoms with Crippen molar-refractivity contribution in [3.05, 3.63) is 46.8 Å². The number of nitrogens with zero attached hydrogens (tertiary/aromatic N) is 4. The third kappa shape index (κ3) is 3.77. The molecule has 2 N–H and O–H groups in total. The Kier molecular flexibility index (Phi) is 5.32. The van der Waals surface area contributed by atoms with Gasteiger partial charge in [0.25, 0.3) is 0 Å². The van der Waals surface area contributed by atoms with Crippen LogP contribution in [0.3, 0.4) is 0 Å². The van der Waals surface area contributed by atoms with Crippen LogP contribution in [0.15, 0.2) is 46.6 Å². The van der Waals surface area contributed by atoms with E-state index in [9.17, 15) is 8.78 Å². The number of halogens is 4.